The Morgan fingerprint density at radius 2 is 2.03 bits per heavy atom. The van der Waals surface area contributed by atoms with Crippen molar-refractivity contribution in [2.24, 2.45) is 5.92 Å². The van der Waals surface area contributed by atoms with Gasteiger partial charge in [-0.1, -0.05) is 25.0 Å². The molecule has 0 saturated carbocycles. The number of aromatic nitrogens is 1. The van der Waals surface area contributed by atoms with Gasteiger partial charge < -0.3 is 14.8 Å². The number of allylic oxidation sites excluding steroid dienone is 1. The number of likely N-dealkylation sites (tertiary alicyclic amines) is 1. The lowest BCUT2D eigenvalue weighted by Crippen LogP contribution is -2.53. The number of ether oxygens (including phenoxy) is 2. The van der Waals surface area contributed by atoms with Crippen LogP contribution in [-0.4, -0.2) is 49.6 Å². The first kappa shape index (κ1) is 23.3. The summed E-state index contributed by atoms with van der Waals surface area (Å²) in [5.41, 5.74) is 7.50. The van der Waals surface area contributed by atoms with Gasteiger partial charge in [-0.05, 0) is 67.2 Å². The highest BCUT2D eigenvalue weighted by Crippen LogP contribution is 2.35. The zero-order valence-corrected chi connectivity index (χ0v) is 20.2. The molecule has 1 N–H and O–H groups in total. The average molecular weight is 450 g/mol. The molecule has 1 fully saturated rings. The Balaban J connectivity index is 1.39. The van der Waals surface area contributed by atoms with Gasteiger partial charge in [0.1, 0.15) is 12.4 Å². The summed E-state index contributed by atoms with van der Waals surface area (Å²) in [4.78, 5) is 18.7. The van der Waals surface area contributed by atoms with Crippen molar-refractivity contribution in [1.82, 2.24) is 15.2 Å². The third-order valence-corrected chi connectivity index (χ3v) is 6.79. The van der Waals surface area contributed by atoms with E-state index in [4.69, 9.17) is 9.47 Å². The van der Waals surface area contributed by atoms with Gasteiger partial charge >= 0.3 is 0 Å². The molecule has 1 amide bonds. The fourth-order valence-corrected chi connectivity index (χ4v) is 4.78. The number of nitrogens with one attached hydrogen (secondary N) is 1. The van der Waals surface area contributed by atoms with E-state index < -0.39 is 0 Å². The maximum absolute atomic E-state index is 11.7. The number of aryl methyl sites for hydroxylation is 2. The molecule has 176 valence electrons. The van der Waals surface area contributed by atoms with E-state index in [0.717, 1.165) is 62.3 Å². The summed E-state index contributed by atoms with van der Waals surface area (Å²) in [6.07, 6.45) is 4.08. The number of rotatable bonds is 9. The van der Waals surface area contributed by atoms with E-state index >= 15 is 0 Å². The zero-order valence-electron chi connectivity index (χ0n) is 20.2. The maximum Gasteiger partial charge on any atom is 0.225 e. The Kier molecular flexibility index (Phi) is 7.33. The summed E-state index contributed by atoms with van der Waals surface area (Å²) in [7, 11) is 3.37. The standard InChI is InChI=1S/C27H35N3O3/c1-5-6-23-10-9-21(27(29-23)32-4)17-33-24-11-12-25-18(2)20(8-7-19(25)13-24)14-30-15-22(16-30)26(31)28-3/h9-13,22H,5-8,14-17H2,1-4H3,(H,28,31). The number of pyridine rings is 1. The molecule has 0 spiro atoms. The van der Waals surface area contributed by atoms with E-state index in [1.54, 1.807) is 14.2 Å². The van der Waals surface area contributed by atoms with Crippen LogP contribution in [-0.2, 0) is 24.2 Å². The number of amides is 1. The summed E-state index contributed by atoms with van der Waals surface area (Å²) in [6.45, 7) is 7.47. The molecular weight excluding hydrogens is 414 g/mol. The number of fused-ring (bicyclic) bond motifs is 1. The van der Waals surface area contributed by atoms with Crippen molar-refractivity contribution in [1.29, 1.82) is 0 Å². The van der Waals surface area contributed by atoms with E-state index in [9.17, 15) is 4.79 Å². The minimum Gasteiger partial charge on any atom is -0.489 e. The maximum atomic E-state index is 11.7. The summed E-state index contributed by atoms with van der Waals surface area (Å²) in [5, 5.41) is 2.75. The smallest absolute Gasteiger partial charge is 0.225 e. The second kappa shape index (κ2) is 10.4. The molecule has 0 bridgehead atoms. The second-order valence-corrected chi connectivity index (χ2v) is 9.06. The Labute approximate surface area is 197 Å². The molecular formula is C27H35N3O3. The molecule has 1 aliphatic carbocycles. The van der Waals surface area contributed by atoms with Crippen molar-refractivity contribution in [2.45, 2.75) is 46.1 Å². The Hall–Kier alpha value is -2.86. The predicted octanol–water partition coefficient (Wildman–Crippen LogP) is 4.02. The van der Waals surface area contributed by atoms with E-state index in [1.807, 2.05) is 0 Å². The van der Waals surface area contributed by atoms with Gasteiger partial charge in [0, 0.05) is 32.4 Å². The molecule has 4 rings (SSSR count). The van der Waals surface area contributed by atoms with Crippen molar-refractivity contribution in [3.63, 3.8) is 0 Å². The van der Waals surface area contributed by atoms with Crippen LogP contribution in [0.15, 0.2) is 35.9 Å². The van der Waals surface area contributed by atoms with Gasteiger partial charge in [-0.2, -0.15) is 0 Å². The van der Waals surface area contributed by atoms with Crippen LogP contribution in [0.1, 0.15) is 49.1 Å². The second-order valence-electron chi connectivity index (χ2n) is 9.06. The molecule has 0 atom stereocenters. The van der Waals surface area contributed by atoms with Gasteiger partial charge in [0.2, 0.25) is 11.8 Å². The van der Waals surface area contributed by atoms with Crippen LogP contribution in [0.2, 0.25) is 0 Å². The van der Waals surface area contributed by atoms with E-state index in [-0.39, 0.29) is 11.8 Å². The van der Waals surface area contributed by atoms with Crippen LogP contribution in [0.4, 0.5) is 0 Å². The number of methoxy groups -OCH3 is 1. The molecule has 6 heteroatoms. The topological polar surface area (TPSA) is 63.7 Å². The van der Waals surface area contributed by atoms with Crippen LogP contribution < -0.4 is 14.8 Å². The van der Waals surface area contributed by atoms with E-state index in [0.29, 0.717) is 12.5 Å². The number of benzene rings is 1. The van der Waals surface area contributed by atoms with Gasteiger partial charge in [0.25, 0.3) is 0 Å². The fourth-order valence-electron chi connectivity index (χ4n) is 4.78. The van der Waals surface area contributed by atoms with Gasteiger partial charge in [-0.3, -0.25) is 9.69 Å². The Morgan fingerprint density at radius 1 is 1.21 bits per heavy atom. The number of hydrogen-bond donors (Lipinski definition) is 1. The van der Waals surface area contributed by atoms with Gasteiger partial charge in [0.15, 0.2) is 0 Å². The number of carbonyl (C=O) groups excluding carboxylic acids is 1. The highest BCUT2D eigenvalue weighted by atomic mass is 16.5. The molecule has 0 radical (unpaired) electrons. The molecule has 6 nitrogen and oxygen atoms in total. The van der Waals surface area contributed by atoms with Gasteiger partial charge in [-0.25, -0.2) is 4.98 Å². The lowest BCUT2D eigenvalue weighted by Gasteiger charge is -2.39. The largest absolute Gasteiger partial charge is 0.489 e. The van der Waals surface area contributed by atoms with Crippen LogP contribution in [0.3, 0.4) is 0 Å². The number of nitrogens with zero attached hydrogens (tertiary/aromatic N) is 2. The molecule has 33 heavy (non-hydrogen) atoms. The van der Waals surface area contributed by atoms with E-state index in [2.05, 4.69) is 59.4 Å². The van der Waals surface area contributed by atoms with Crippen LogP contribution in [0.25, 0.3) is 5.57 Å². The predicted molar refractivity (Wildman–Crippen MR) is 130 cm³/mol. The SMILES string of the molecule is CCCc1ccc(COc2ccc3c(c2)CCC(CN2CC(C(=O)NC)C2)=C3C)c(OC)n1. The van der Waals surface area contributed by atoms with Crippen molar-refractivity contribution >= 4 is 11.5 Å². The summed E-state index contributed by atoms with van der Waals surface area (Å²) >= 11 is 0. The van der Waals surface area contributed by atoms with Crippen LogP contribution >= 0.6 is 0 Å². The fraction of sp³-hybridized carbons (Fsp3) is 0.481. The molecule has 2 aliphatic rings. The first-order valence-corrected chi connectivity index (χ1v) is 11.9. The van der Waals surface area contributed by atoms with E-state index in [1.165, 1.54) is 22.3 Å². The first-order chi connectivity index (χ1) is 16.0. The third kappa shape index (κ3) is 5.22. The highest BCUT2D eigenvalue weighted by Gasteiger charge is 2.32. The lowest BCUT2D eigenvalue weighted by molar-refractivity contribution is -0.129. The van der Waals surface area contributed by atoms with Crippen LogP contribution in [0, 0.1) is 5.92 Å². The summed E-state index contributed by atoms with van der Waals surface area (Å²) < 4.78 is 11.6. The molecule has 0 unspecified atom stereocenters. The highest BCUT2D eigenvalue weighted by molar-refractivity contribution is 5.79. The molecule has 1 aromatic carbocycles. The molecule has 2 aromatic rings. The normalized spacial score (nSPS) is 16.2. The summed E-state index contributed by atoms with van der Waals surface area (Å²) in [6, 6.07) is 10.5. The molecule has 1 aromatic heterocycles. The van der Waals surface area contributed by atoms with Crippen molar-refractivity contribution in [3.8, 4) is 11.6 Å². The molecule has 2 heterocycles. The van der Waals surface area contributed by atoms with Crippen LogP contribution in [0.5, 0.6) is 11.6 Å². The van der Waals surface area contributed by atoms with Gasteiger partial charge in [0.05, 0.1) is 18.6 Å². The zero-order chi connectivity index (χ0) is 23.4. The summed E-state index contributed by atoms with van der Waals surface area (Å²) in [5.74, 6) is 1.82. The monoisotopic (exact) mass is 449 g/mol. The first-order valence-electron chi connectivity index (χ1n) is 11.9. The van der Waals surface area contributed by atoms with Gasteiger partial charge in [-0.15, -0.1) is 0 Å². The Bertz CT molecular complexity index is 1040. The van der Waals surface area contributed by atoms with Crippen molar-refractivity contribution in [3.05, 3.63) is 58.3 Å². The minimum absolute atomic E-state index is 0.142. The number of hydrogen-bond acceptors (Lipinski definition) is 5. The van der Waals surface area contributed by atoms with Crippen molar-refractivity contribution < 1.29 is 14.3 Å². The third-order valence-electron chi connectivity index (χ3n) is 6.79. The molecule has 1 saturated heterocycles. The number of carbonyl (C=O) groups is 1. The quantitative estimate of drug-likeness (QED) is 0.627. The average Bonchev–Trinajstić information content (AvgIpc) is 2.81. The Morgan fingerprint density at radius 3 is 2.76 bits per heavy atom. The molecule has 1 aliphatic heterocycles. The minimum atomic E-state index is 0.142. The van der Waals surface area contributed by atoms with Crippen molar-refractivity contribution in [2.75, 3.05) is 33.8 Å². The lowest BCUT2D eigenvalue weighted by atomic mass is 9.85.